The minimum Gasteiger partial charge on any atom is -0.495 e. The van der Waals surface area contributed by atoms with Gasteiger partial charge in [-0.05, 0) is 25.0 Å². The molecule has 0 atom stereocenters. The van der Waals surface area contributed by atoms with E-state index in [0.29, 0.717) is 0 Å². The Bertz CT molecular complexity index is 876. The molecule has 1 saturated heterocycles. The van der Waals surface area contributed by atoms with Gasteiger partial charge in [0.1, 0.15) is 11.6 Å². The number of benzene rings is 2. The molecule has 1 N–H and O–H groups in total. The Labute approximate surface area is 153 Å². The first-order chi connectivity index (χ1) is 12.8. The monoisotopic (exact) mass is 346 g/mol. The van der Waals surface area contributed by atoms with E-state index in [-0.39, 0.29) is 0 Å². The minimum atomic E-state index is 0.769. The first-order valence-corrected chi connectivity index (χ1v) is 8.93. The van der Waals surface area contributed by atoms with Crippen molar-refractivity contribution in [1.29, 1.82) is 0 Å². The predicted molar refractivity (Wildman–Crippen MR) is 105 cm³/mol. The lowest BCUT2D eigenvalue weighted by Gasteiger charge is -2.18. The van der Waals surface area contributed by atoms with Gasteiger partial charge in [0.05, 0.1) is 18.5 Å². The van der Waals surface area contributed by atoms with Gasteiger partial charge >= 0.3 is 0 Å². The number of rotatable bonds is 5. The van der Waals surface area contributed by atoms with Gasteiger partial charge < -0.3 is 15.0 Å². The maximum Gasteiger partial charge on any atom is 0.227 e. The molecule has 1 aromatic heterocycles. The van der Waals surface area contributed by atoms with Crippen LogP contribution in [-0.4, -0.2) is 30.2 Å². The second kappa shape index (κ2) is 7.44. The van der Waals surface area contributed by atoms with Crippen LogP contribution in [0.1, 0.15) is 12.8 Å². The number of hydrogen-bond acceptors (Lipinski definition) is 5. The number of hydrogen-bond donors (Lipinski definition) is 1. The van der Waals surface area contributed by atoms with Gasteiger partial charge in [-0.25, -0.2) is 4.98 Å². The van der Waals surface area contributed by atoms with Crippen LogP contribution in [0, 0.1) is 0 Å². The second-order valence-electron chi connectivity index (χ2n) is 6.32. The zero-order valence-electron chi connectivity index (χ0n) is 14.9. The lowest BCUT2D eigenvalue weighted by Crippen LogP contribution is -2.21. The van der Waals surface area contributed by atoms with Crippen LogP contribution in [0.15, 0.2) is 60.7 Å². The van der Waals surface area contributed by atoms with E-state index in [4.69, 9.17) is 14.7 Å². The minimum absolute atomic E-state index is 0.769. The Morgan fingerprint density at radius 3 is 2.42 bits per heavy atom. The van der Waals surface area contributed by atoms with Crippen LogP contribution in [0.5, 0.6) is 5.75 Å². The summed E-state index contributed by atoms with van der Waals surface area (Å²) in [5.41, 5.74) is 2.89. The molecule has 132 valence electrons. The summed E-state index contributed by atoms with van der Waals surface area (Å²) in [5.74, 6) is 2.33. The largest absolute Gasteiger partial charge is 0.495 e. The van der Waals surface area contributed by atoms with Gasteiger partial charge in [-0.3, -0.25) is 0 Å². The highest BCUT2D eigenvalue weighted by Gasteiger charge is 2.17. The quantitative estimate of drug-likeness (QED) is 0.737. The highest BCUT2D eigenvalue weighted by molar-refractivity contribution is 5.70. The molecular weight excluding hydrogens is 324 g/mol. The molecule has 5 nitrogen and oxygen atoms in total. The summed E-state index contributed by atoms with van der Waals surface area (Å²) in [6.07, 6.45) is 2.38. The van der Waals surface area contributed by atoms with Crippen LogP contribution in [0.4, 0.5) is 17.5 Å². The number of para-hydroxylation sites is 2. The van der Waals surface area contributed by atoms with Crippen molar-refractivity contribution in [2.45, 2.75) is 12.8 Å². The summed E-state index contributed by atoms with van der Waals surface area (Å²) in [5, 5.41) is 3.39. The van der Waals surface area contributed by atoms with Gasteiger partial charge in [0.25, 0.3) is 0 Å². The summed E-state index contributed by atoms with van der Waals surface area (Å²) < 4.78 is 5.45. The number of nitrogens with one attached hydrogen (secondary N) is 1. The molecule has 0 amide bonds. The van der Waals surface area contributed by atoms with Crippen molar-refractivity contribution < 1.29 is 4.74 Å². The molecule has 3 aromatic rings. The maximum atomic E-state index is 5.45. The second-order valence-corrected chi connectivity index (χ2v) is 6.32. The molecule has 5 heteroatoms. The van der Waals surface area contributed by atoms with E-state index in [1.54, 1.807) is 7.11 Å². The number of ether oxygens (including phenoxy) is 1. The fraction of sp³-hybridized carbons (Fsp3) is 0.238. The number of methoxy groups -OCH3 is 1. The van der Waals surface area contributed by atoms with Crippen molar-refractivity contribution in [3.63, 3.8) is 0 Å². The Kier molecular flexibility index (Phi) is 4.69. The molecule has 2 heterocycles. The highest BCUT2D eigenvalue weighted by Crippen LogP contribution is 2.30. The molecular formula is C21H22N4O. The SMILES string of the molecule is COc1ccccc1Nc1cc(-c2ccccc2)nc(N2CCCC2)n1. The topological polar surface area (TPSA) is 50.3 Å². The van der Waals surface area contributed by atoms with E-state index in [0.717, 1.165) is 47.5 Å². The van der Waals surface area contributed by atoms with Gasteiger partial charge in [-0.2, -0.15) is 4.98 Å². The average Bonchev–Trinajstić information content (AvgIpc) is 3.24. The summed E-state index contributed by atoms with van der Waals surface area (Å²) in [7, 11) is 1.67. The average molecular weight is 346 g/mol. The Balaban J connectivity index is 1.74. The molecule has 4 rings (SSSR count). The lowest BCUT2D eigenvalue weighted by molar-refractivity contribution is 0.417. The van der Waals surface area contributed by atoms with Gasteiger partial charge in [0.15, 0.2) is 0 Å². The third-order valence-electron chi connectivity index (χ3n) is 4.54. The molecule has 0 unspecified atom stereocenters. The first-order valence-electron chi connectivity index (χ1n) is 8.93. The van der Waals surface area contributed by atoms with E-state index >= 15 is 0 Å². The van der Waals surface area contributed by atoms with Crippen molar-refractivity contribution in [3.05, 3.63) is 60.7 Å². The normalized spacial score (nSPS) is 13.7. The lowest BCUT2D eigenvalue weighted by atomic mass is 10.1. The van der Waals surface area contributed by atoms with Crippen LogP contribution in [-0.2, 0) is 0 Å². The molecule has 0 radical (unpaired) electrons. The van der Waals surface area contributed by atoms with Crippen LogP contribution in [0.3, 0.4) is 0 Å². The Morgan fingerprint density at radius 1 is 0.923 bits per heavy atom. The van der Waals surface area contributed by atoms with E-state index in [2.05, 4.69) is 22.3 Å². The molecule has 1 fully saturated rings. The first kappa shape index (κ1) is 16.4. The fourth-order valence-electron chi connectivity index (χ4n) is 3.20. The van der Waals surface area contributed by atoms with E-state index < -0.39 is 0 Å². The van der Waals surface area contributed by atoms with Gasteiger partial charge in [-0.15, -0.1) is 0 Å². The molecule has 26 heavy (non-hydrogen) atoms. The molecule has 0 aliphatic carbocycles. The van der Waals surface area contributed by atoms with Crippen LogP contribution >= 0.6 is 0 Å². The van der Waals surface area contributed by atoms with E-state index in [1.165, 1.54) is 12.8 Å². The van der Waals surface area contributed by atoms with Crippen molar-refractivity contribution in [1.82, 2.24) is 9.97 Å². The van der Waals surface area contributed by atoms with Crippen molar-refractivity contribution >= 4 is 17.5 Å². The van der Waals surface area contributed by atoms with Crippen LogP contribution in [0.2, 0.25) is 0 Å². The number of aromatic nitrogens is 2. The van der Waals surface area contributed by atoms with E-state index in [1.807, 2.05) is 48.5 Å². The fourth-order valence-corrected chi connectivity index (χ4v) is 3.20. The zero-order valence-corrected chi connectivity index (χ0v) is 14.9. The maximum absolute atomic E-state index is 5.45. The van der Waals surface area contributed by atoms with Gasteiger partial charge in [0.2, 0.25) is 5.95 Å². The molecule has 1 aliphatic heterocycles. The van der Waals surface area contributed by atoms with Gasteiger partial charge in [-0.1, -0.05) is 42.5 Å². The van der Waals surface area contributed by atoms with E-state index in [9.17, 15) is 0 Å². The summed E-state index contributed by atoms with van der Waals surface area (Å²) in [6.45, 7) is 2.01. The molecule has 1 aliphatic rings. The van der Waals surface area contributed by atoms with Gasteiger partial charge in [0, 0.05) is 24.7 Å². The molecule has 2 aromatic carbocycles. The Hall–Kier alpha value is -3.08. The van der Waals surface area contributed by atoms with Crippen molar-refractivity contribution in [3.8, 4) is 17.0 Å². The summed E-state index contributed by atoms with van der Waals surface area (Å²) in [6, 6.07) is 20.1. The van der Waals surface area contributed by atoms with Crippen LogP contribution < -0.4 is 15.0 Å². The smallest absolute Gasteiger partial charge is 0.227 e. The number of anilines is 3. The summed E-state index contributed by atoms with van der Waals surface area (Å²) in [4.78, 5) is 11.8. The number of nitrogens with zero attached hydrogens (tertiary/aromatic N) is 3. The zero-order chi connectivity index (χ0) is 17.8. The molecule has 0 spiro atoms. The third-order valence-corrected chi connectivity index (χ3v) is 4.54. The standard InChI is InChI=1S/C21H22N4O/c1-26-19-12-6-5-11-17(19)22-20-15-18(16-9-3-2-4-10-16)23-21(24-20)25-13-7-8-14-25/h2-6,9-12,15H,7-8,13-14H2,1H3,(H,22,23,24). The highest BCUT2D eigenvalue weighted by atomic mass is 16.5. The van der Waals surface area contributed by atoms with Crippen LogP contribution in [0.25, 0.3) is 11.3 Å². The Morgan fingerprint density at radius 2 is 1.65 bits per heavy atom. The molecule has 0 bridgehead atoms. The predicted octanol–water partition coefficient (Wildman–Crippen LogP) is 4.50. The third kappa shape index (κ3) is 3.47. The van der Waals surface area contributed by atoms with Crippen molar-refractivity contribution in [2.75, 3.05) is 30.4 Å². The summed E-state index contributed by atoms with van der Waals surface area (Å²) >= 11 is 0. The molecule has 0 saturated carbocycles. The van der Waals surface area contributed by atoms with Crippen molar-refractivity contribution in [2.24, 2.45) is 0 Å².